The Morgan fingerprint density at radius 3 is 2.31 bits per heavy atom. The summed E-state index contributed by atoms with van der Waals surface area (Å²) in [5.41, 5.74) is 7.54. The molecule has 3 aromatic carbocycles. The molecule has 1 fully saturated rings. The van der Waals surface area contributed by atoms with Crippen LogP contribution in [0.1, 0.15) is 28.8 Å². The first-order chi connectivity index (χ1) is 17.5. The molecule has 1 unspecified atom stereocenters. The van der Waals surface area contributed by atoms with Crippen molar-refractivity contribution in [2.24, 2.45) is 7.05 Å². The molecule has 6 rings (SSSR count). The number of nitrogens with one attached hydrogen (secondary N) is 1. The Hall–Kier alpha value is -4.52. The van der Waals surface area contributed by atoms with E-state index in [1.54, 1.807) is 11.2 Å². The molecule has 0 radical (unpaired) electrons. The number of imidazole rings is 1. The summed E-state index contributed by atoms with van der Waals surface area (Å²) < 4.78 is 2.00. The minimum atomic E-state index is -0.625. The van der Waals surface area contributed by atoms with E-state index in [0.29, 0.717) is 18.5 Å². The third-order valence-corrected chi connectivity index (χ3v) is 7.00. The van der Waals surface area contributed by atoms with Gasteiger partial charge in [0.2, 0.25) is 11.8 Å². The lowest BCUT2D eigenvalue weighted by Crippen LogP contribution is -2.52. The molecule has 0 aliphatic carbocycles. The Morgan fingerprint density at radius 2 is 1.56 bits per heavy atom. The van der Waals surface area contributed by atoms with Crippen molar-refractivity contribution in [3.8, 4) is 33.6 Å². The quantitative estimate of drug-likeness (QED) is 0.448. The average Bonchev–Trinajstić information content (AvgIpc) is 3.44. The molecule has 7 nitrogen and oxygen atoms in total. The number of carbonyl (C=O) groups is 3. The Morgan fingerprint density at radius 1 is 0.861 bits per heavy atom. The van der Waals surface area contributed by atoms with Gasteiger partial charge in [0.25, 0.3) is 5.91 Å². The number of amides is 3. The summed E-state index contributed by atoms with van der Waals surface area (Å²) in [5, 5.41) is 2.35. The lowest BCUT2D eigenvalue weighted by molar-refractivity contribution is -0.136. The normalized spacial score (nSPS) is 17.3. The van der Waals surface area contributed by atoms with E-state index in [0.717, 1.165) is 39.2 Å². The van der Waals surface area contributed by atoms with Crippen molar-refractivity contribution in [2.45, 2.75) is 25.4 Å². The first-order valence-electron chi connectivity index (χ1n) is 11.9. The van der Waals surface area contributed by atoms with Crippen molar-refractivity contribution in [2.75, 3.05) is 0 Å². The van der Waals surface area contributed by atoms with Crippen LogP contribution in [0.5, 0.6) is 0 Å². The molecule has 2 aliphatic rings. The van der Waals surface area contributed by atoms with Gasteiger partial charge in [-0.2, -0.15) is 0 Å². The zero-order valence-electron chi connectivity index (χ0n) is 19.8. The van der Waals surface area contributed by atoms with E-state index >= 15 is 0 Å². The zero-order valence-corrected chi connectivity index (χ0v) is 19.8. The number of nitrogens with zero attached hydrogens (tertiary/aromatic N) is 3. The standard InChI is InChI=1S/C29H24N4O3/c1-32-17-30-26(27(32)20-9-7-19(8-10-20)18-5-3-2-4-6-18)21-11-12-23-22(15-21)16-33(29(23)36)24-13-14-25(34)31-28(24)35/h2-12,15,17,24H,13-14,16H2,1H3,(H,31,34,35). The van der Waals surface area contributed by atoms with E-state index in [2.05, 4.69) is 46.7 Å². The summed E-state index contributed by atoms with van der Waals surface area (Å²) in [5.74, 6) is -0.871. The van der Waals surface area contributed by atoms with Crippen LogP contribution in [0.25, 0.3) is 33.6 Å². The molecule has 1 aromatic heterocycles. The molecule has 1 atom stereocenters. The monoisotopic (exact) mass is 476 g/mol. The van der Waals surface area contributed by atoms with Gasteiger partial charge in [-0.15, -0.1) is 0 Å². The molecular weight excluding hydrogens is 452 g/mol. The topological polar surface area (TPSA) is 84.3 Å². The van der Waals surface area contributed by atoms with Gasteiger partial charge in [0.15, 0.2) is 0 Å². The lowest BCUT2D eigenvalue weighted by atomic mass is 9.99. The van der Waals surface area contributed by atoms with E-state index in [4.69, 9.17) is 0 Å². The van der Waals surface area contributed by atoms with Crippen LogP contribution in [0.2, 0.25) is 0 Å². The molecule has 2 aliphatic heterocycles. The van der Waals surface area contributed by atoms with Crippen molar-refractivity contribution in [3.63, 3.8) is 0 Å². The summed E-state index contributed by atoms with van der Waals surface area (Å²) >= 11 is 0. The Labute approximate surface area is 208 Å². The van der Waals surface area contributed by atoms with Crippen LogP contribution in [0.3, 0.4) is 0 Å². The highest BCUT2D eigenvalue weighted by Gasteiger charge is 2.39. The van der Waals surface area contributed by atoms with Crippen LogP contribution in [0.15, 0.2) is 79.1 Å². The second kappa shape index (κ2) is 8.61. The molecule has 3 heterocycles. The van der Waals surface area contributed by atoms with Crippen molar-refractivity contribution in [1.82, 2.24) is 19.8 Å². The number of rotatable bonds is 4. The Balaban J connectivity index is 1.31. The number of hydrogen-bond donors (Lipinski definition) is 1. The molecule has 3 amide bonds. The van der Waals surface area contributed by atoms with E-state index < -0.39 is 11.9 Å². The first kappa shape index (κ1) is 22.0. The largest absolute Gasteiger partial charge is 0.333 e. The number of carbonyl (C=O) groups excluding carboxylic acids is 3. The maximum atomic E-state index is 13.1. The third kappa shape index (κ3) is 3.69. The molecule has 0 saturated carbocycles. The summed E-state index contributed by atoms with van der Waals surface area (Å²) in [6, 6.07) is 23.8. The second-order valence-corrected chi connectivity index (χ2v) is 9.27. The highest BCUT2D eigenvalue weighted by Crippen LogP contribution is 2.35. The molecule has 0 bridgehead atoms. The predicted octanol–water partition coefficient (Wildman–Crippen LogP) is 4.18. The van der Waals surface area contributed by atoms with Gasteiger partial charge >= 0.3 is 0 Å². The molecule has 1 saturated heterocycles. The van der Waals surface area contributed by atoms with Gasteiger partial charge in [-0.25, -0.2) is 4.98 Å². The molecule has 1 N–H and O–H groups in total. The van der Waals surface area contributed by atoms with Crippen LogP contribution in [0, 0.1) is 0 Å². The number of benzene rings is 3. The van der Waals surface area contributed by atoms with Gasteiger partial charge in [-0.3, -0.25) is 19.7 Å². The fourth-order valence-electron chi connectivity index (χ4n) is 5.15. The van der Waals surface area contributed by atoms with Crippen LogP contribution < -0.4 is 5.32 Å². The fourth-order valence-corrected chi connectivity index (χ4v) is 5.15. The minimum Gasteiger partial charge on any atom is -0.333 e. The molecule has 4 aromatic rings. The average molecular weight is 477 g/mol. The van der Waals surface area contributed by atoms with E-state index in [1.165, 1.54) is 0 Å². The van der Waals surface area contributed by atoms with Crippen molar-refractivity contribution < 1.29 is 14.4 Å². The van der Waals surface area contributed by atoms with E-state index in [9.17, 15) is 14.4 Å². The highest BCUT2D eigenvalue weighted by atomic mass is 16.2. The van der Waals surface area contributed by atoms with Crippen LogP contribution in [-0.2, 0) is 23.2 Å². The van der Waals surface area contributed by atoms with Crippen LogP contribution in [-0.4, -0.2) is 38.2 Å². The summed E-state index contributed by atoms with van der Waals surface area (Å²) in [4.78, 5) is 43.2. The molecule has 178 valence electrons. The number of hydrogen-bond acceptors (Lipinski definition) is 4. The lowest BCUT2D eigenvalue weighted by Gasteiger charge is -2.29. The maximum absolute atomic E-state index is 13.1. The summed E-state index contributed by atoms with van der Waals surface area (Å²) in [6.07, 6.45) is 2.38. The number of imide groups is 1. The van der Waals surface area contributed by atoms with Crippen LogP contribution in [0.4, 0.5) is 0 Å². The van der Waals surface area contributed by atoms with Crippen molar-refractivity contribution >= 4 is 17.7 Å². The van der Waals surface area contributed by atoms with Gasteiger partial charge < -0.3 is 9.47 Å². The van der Waals surface area contributed by atoms with Gasteiger partial charge in [-0.05, 0) is 35.2 Å². The predicted molar refractivity (Wildman–Crippen MR) is 136 cm³/mol. The second-order valence-electron chi connectivity index (χ2n) is 9.27. The number of aromatic nitrogens is 2. The van der Waals surface area contributed by atoms with Crippen molar-refractivity contribution in [3.05, 3.63) is 90.3 Å². The molecule has 7 heteroatoms. The molecule has 0 spiro atoms. The van der Waals surface area contributed by atoms with Gasteiger partial charge in [-0.1, -0.05) is 60.7 Å². The summed E-state index contributed by atoms with van der Waals surface area (Å²) in [7, 11) is 1.97. The fraction of sp³-hybridized carbons (Fsp3) is 0.172. The van der Waals surface area contributed by atoms with Gasteiger partial charge in [0, 0.05) is 36.7 Å². The zero-order chi connectivity index (χ0) is 24.8. The first-order valence-corrected chi connectivity index (χ1v) is 11.9. The SMILES string of the molecule is Cn1cnc(-c2ccc3c(c2)CN(C2CCC(=O)NC2=O)C3=O)c1-c1ccc(-c2ccccc2)cc1. The number of fused-ring (bicyclic) bond motifs is 1. The van der Waals surface area contributed by atoms with Gasteiger partial charge in [0.1, 0.15) is 6.04 Å². The molecular formula is C29H24N4O3. The number of aryl methyl sites for hydroxylation is 1. The van der Waals surface area contributed by atoms with Crippen LogP contribution >= 0.6 is 0 Å². The highest BCUT2D eigenvalue weighted by molar-refractivity contribution is 6.05. The minimum absolute atomic E-state index is 0.177. The number of piperidine rings is 1. The summed E-state index contributed by atoms with van der Waals surface area (Å²) in [6.45, 7) is 0.336. The van der Waals surface area contributed by atoms with E-state index in [1.807, 2.05) is 48.0 Å². The Bertz CT molecular complexity index is 1510. The van der Waals surface area contributed by atoms with Gasteiger partial charge in [0.05, 0.1) is 17.7 Å². The third-order valence-electron chi connectivity index (χ3n) is 7.00. The van der Waals surface area contributed by atoms with E-state index in [-0.39, 0.29) is 18.2 Å². The molecule has 36 heavy (non-hydrogen) atoms. The smallest absolute Gasteiger partial charge is 0.255 e. The maximum Gasteiger partial charge on any atom is 0.255 e. The Kier molecular flexibility index (Phi) is 5.25. The van der Waals surface area contributed by atoms with Crippen molar-refractivity contribution in [1.29, 1.82) is 0 Å².